The van der Waals surface area contributed by atoms with E-state index in [4.69, 9.17) is 10.2 Å². The van der Waals surface area contributed by atoms with Crippen LogP contribution in [-0.2, 0) is 14.4 Å². The third-order valence-electron chi connectivity index (χ3n) is 2.76. The van der Waals surface area contributed by atoms with Gasteiger partial charge in [0.15, 0.2) is 5.78 Å². The van der Waals surface area contributed by atoms with Gasteiger partial charge < -0.3 is 15.5 Å². The summed E-state index contributed by atoms with van der Waals surface area (Å²) >= 11 is 0. The fourth-order valence-electron chi connectivity index (χ4n) is 1.65. The second kappa shape index (κ2) is 7.87. The number of hydrogen-bond donors (Lipinski definition) is 3. The normalized spacial score (nSPS) is 11.5. The first-order chi connectivity index (χ1) is 10.3. The predicted octanol–water partition coefficient (Wildman–Crippen LogP) is 0.833. The van der Waals surface area contributed by atoms with Crippen molar-refractivity contribution in [2.75, 3.05) is 0 Å². The van der Waals surface area contributed by atoms with E-state index in [1.807, 2.05) is 5.32 Å². The predicted molar refractivity (Wildman–Crippen MR) is 71.8 cm³/mol. The maximum absolute atomic E-state index is 12.7. The van der Waals surface area contributed by atoms with Crippen LogP contribution >= 0.6 is 0 Å². The lowest BCUT2D eigenvalue weighted by Gasteiger charge is -2.12. The number of aliphatic carboxylic acids is 2. The van der Waals surface area contributed by atoms with Crippen molar-refractivity contribution in [3.63, 3.8) is 0 Å². The largest absolute Gasteiger partial charge is 0.481 e. The Balaban J connectivity index is 2.51. The molecule has 0 aromatic heterocycles. The number of carbonyl (C=O) groups is 4. The van der Waals surface area contributed by atoms with Crippen molar-refractivity contribution in [3.05, 3.63) is 35.6 Å². The van der Waals surface area contributed by atoms with Gasteiger partial charge in [-0.2, -0.15) is 0 Å². The lowest BCUT2D eigenvalue weighted by atomic mass is 10.1. The summed E-state index contributed by atoms with van der Waals surface area (Å²) in [6, 6.07) is 3.23. The Kier molecular flexibility index (Phi) is 6.18. The Morgan fingerprint density at radius 1 is 1.05 bits per heavy atom. The third-order valence-corrected chi connectivity index (χ3v) is 2.76. The number of hydrogen-bond acceptors (Lipinski definition) is 4. The molecule has 22 heavy (non-hydrogen) atoms. The zero-order chi connectivity index (χ0) is 16.7. The molecule has 118 valence electrons. The molecule has 0 spiro atoms. The van der Waals surface area contributed by atoms with Crippen molar-refractivity contribution in [3.8, 4) is 0 Å². The molecule has 1 aromatic carbocycles. The number of rotatable bonds is 8. The van der Waals surface area contributed by atoms with Gasteiger partial charge >= 0.3 is 11.9 Å². The number of amides is 1. The number of benzene rings is 1. The first kappa shape index (κ1) is 17.3. The highest BCUT2D eigenvalue weighted by Gasteiger charge is 2.23. The lowest BCUT2D eigenvalue weighted by molar-refractivity contribution is -0.147. The van der Waals surface area contributed by atoms with Crippen molar-refractivity contribution < 1.29 is 33.8 Å². The van der Waals surface area contributed by atoms with Gasteiger partial charge in [-0.3, -0.25) is 14.4 Å². The van der Waals surface area contributed by atoms with E-state index >= 15 is 0 Å². The van der Waals surface area contributed by atoms with Gasteiger partial charge in [0.05, 0.1) is 6.42 Å². The Morgan fingerprint density at radius 2 is 1.64 bits per heavy atom. The van der Waals surface area contributed by atoms with Crippen molar-refractivity contribution in [2.45, 2.75) is 25.3 Å². The van der Waals surface area contributed by atoms with Gasteiger partial charge in [0.25, 0.3) is 0 Å². The summed E-state index contributed by atoms with van der Waals surface area (Å²) in [7, 11) is 0. The van der Waals surface area contributed by atoms with Crippen LogP contribution in [0.4, 0.5) is 4.39 Å². The molecule has 1 atom stereocenters. The first-order valence-electron chi connectivity index (χ1n) is 6.32. The van der Waals surface area contributed by atoms with Crippen LogP contribution in [-0.4, -0.2) is 39.9 Å². The fraction of sp³-hybridized carbons (Fsp3) is 0.286. The van der Waals surface area contributed by atoms with Gasteiger partial charge in [-0.15, -0.1) is 0 Å². The highest BCUT2D eigenvalue weighted by Crippen LogP contribution is 2.07. The lowest BCUT2D eigenvalue weighted by Crippen LogP contribution is -2.42. The number of halogens is 1. The molecule has 3 N–H and O–H groups in total. The Bertz CT molecular complexity index is 584. The van der Waals surface area contributed by atoms with E-state index < -0.39 is 41.9 Å². The van der Waals surface area contributed by atoms with Gasteiger partial charge in [0, 0.05) is 18.4 Å². The number of nitrogens with one attached hydrogen (secondary N) is 1. The molecule has 8 heteroatoms. The van der Waals surface area contributed by atoms with Gasteiger partial charge in [-0.1, -0.05) is 0 Å². The smallest absolute Gasteiger partial charge is 0.326 e. The Morgan fingerprint density at radius 3 is 2.14 bits per heavy atom. The summed E-state index contributed by atoms with van der Waals surface area (Å²) in [6.07, 6.45) is -1.25. The summed E-state index contributed by atoms with van der Waals surface area (Å²) in [5.41, 5.74) is 0.231. The first-order valence-corrected chi connectivity index (χ1v) is 6.32. The molecule has 7 nitrogen and oxygen atoms in total. The molecule has 1 rings (SSSR count). The molecular formula is C14H14FNO6. The number of carboxylic acid groups (broad SMARTS) is 2. The topological polar surface area (TPSA) is 121 Å². The molecule has 0 fully saturated rings. The van der Waals surface area contributed by atoms with Gasteiger partial charge in [-0.25, -0.2) is 9.18 Å². The van der Waals surface area contributed by atoms with Crippen LogP contribution in [0.5, 0.6) is 0 Å². The van der Waals surface area contributed by atoms with Crippen LogP contribution in [0.1, 0.15) is 29.6 Å². The average molecular weight is 311 g/mol. The van der Waals surface area contributed by atoms with E-state index in [9.17, 15) is 23.6 Å². The van der Waals surface area contributed by atoms with E-state index in [2.05, 4.69) is 0 Å². The monoisotopic (exact) mass is 311 g/mol. The highest BCUT2D eigenvalue weighted by molar-refractivity contribution is 5.98. The van der Waals surface area contributed by atoms with Crippen LogP contribution in [0.3, 0.4) is 0 Å². The third kappa shape index (κ3) is 5.70. The molecule has 0 saturated heterocycles. The maximum atomic E-state index is 12.7. The second-order valence-corrected chi connectivity index (χ2v) is 4.49. The maximum Gasteiger partial charge on any atom is 0.326 e. The van der Waals surface area contributed by atoms with E-state index in [-0.39, 0.29) is 18.4 Å². The van der Waals surface area contributed by atoms with Crippen LogP contribution in [0, 0.1) is 5.82 Å². The zero-order valence-electron chi connectivity index (χ0n) is 11.4. The van der Waals surface area contributed by atoms with Crippen molar-refractivity contribution in [1.82, 2.24) is 5.32 Å². The second-order valence-electron chi connectivity index (χ2n) is 4.49. The van der Waals surface area contributed by atoms with Gasteiger partial charge in [0.2, 0.25) is 5.91 Å². The van der Waals surface area contributed by atoms with Gasteiger partial charge in [0.1, 0.15) is 11.9 Å². The minimum atomic E-state index is -1.55. The highest BCUT2D eigenvalue weighted by atomic mass is 19.1. The Labute approximate surface area is 124 Å². The molecule has 0 aliphatic carbocycles. The minimum absolute atomic E-state index is 0.198. The number of ketones is 1. The number of carboxylic acids is 2. The summed E-state index contributed by atoms with van der Waals surface area (Å²) in [5, 5.41) is 19.3. The summed E-state index contributed by atoms with van der Waals surface area (Å²) < 4.78 is 12.7. The molecule has 0 radical (unpaired) electrons. The van der Waals surface area contributed by atoms with E-state index in [1.54, 1.807) is 0 Å². The quantitative estimate of drug-likeness (QED) is 0.612. The minimum Gasteiger partial charge on any atom is -0.481 e. The van der Waals surface area contributed by atoms with Gasteiger partial charge in [-0.05, 0) is 24.3 Å². The number of carbonyl (C=O) groups excluding carboxylic acids is 2. The molecule has 1 aromatic rings. The standard InChI is InChI=1S/C14H14FNO6/c15-9-3-1-8(2-4-9)11(17)5-6-12(18)16-10(14(21)22)7-13(19)20/h1-4,10H,5-7H2,(H,16,18)(H,19,20)(H,21,22). The number of Topliss-reactive ketones (excluding diaryl/α,β-unsaturated/α-hetero) is 1. The van der Waals surface area contributed by atoms with E-state index in [1.165, 1.54) is 12.1 Å². The molecule has 0 saturated carbocycles. The average Bonchev–Trinajstić information content (AvgIpc) is 2.44. The van der Waals surface area contributed by atoms with Crippen LogP contribution in [0.2, 0.25) is 0 Å². The van der Waals surface area contributed by atoms with Crippen LogP contribution in [0.25, 0.3) is 0 Å². The SMILES string of the molecule is O=C(O)CC(NC(=O)CCC(=O)c1ccc(F)cc1)C(=O)O. The summed E-state index contributed by atoms with van der Waals surface area (Å²) in [5.74, 6) is -4.48. The summed E-state index contributed by atoms with van der Waals surface area (Å²) in [4.78, 5) is 44.6. The molecular weight excluding hydrogens is 297 g/mol. The molecule has 1 unspecified atom stereocenters. The van der Waals surface area contributed by atoms with Crippen LogP contribution in [0.15, 0.2) is 24.3 Å². The van der Waals surface area contributed by atoms with Crippen LogP contribution < -0.4 is 5.32 Å². The van der Waals surface area contributed by atoms with E-state index in [0.29, 0.717) is 0 Å². The Hall–Kier alpha value is -2.77. The molecule has 0 heterocycles. The van der Waals surface area contributed by atoms with Crippen molar-refractivity contribution >= 4 is 23.6 Å². The van der Waals surface area contributed by atoms with Crippen molar-refractivity contribution in [2.24, 2.45) is 0 Å². The fourth-order valence-corrected chi connectivity index (χ4v) is 1.65. The van der Waals surface area contributed by atoms with Crippen molar-refractivity contribution in [1.29, 1.82) is 0 Å². The molecule has 0 aliphatic rings. The zero-order valence-corrected chi connectivity index (χ0v) is 11.4. The summed E-state index contributed by atoms with van der Waals surface area (Å²) in [6.45, 7) is 0. The molecule has 1 amide bonds. The molecule has 0 bridgehead atoms. The van der Waals surface area contributed by atoms with E-state index in [0.717, 1.165) is 12.1 Å². The molecule has 0 aliphatic heterocycles.